The number of nitrogens with one attached hydrogen (secondary N) is 2. The van der Waals surface area contributed by atoms with Crippen LogP contribution in [-0.4, -0.2) is 50.1 Å². The van der Waals surface area contributed by atoms with Gasteiger partial charge >= 0.3 is 0 Å². The number of hydrogen-bond donors (Lipinski definition) is 2. The van der Waals surface area contributed by atoms with Gasteiger partial charge in [0, 0.05) is 29.8 Å². The van der Waals surface area contributed by atoms with Crippen molar-refractivity contribution in [3.8, 4) is 17.6 Å². The van der Waals surface area contributed by atoms with Gasteiger partial charge in [-0.25, -0.2) is 0 Å². The molecule has 0 atom stereocenters. The summed E-state index contributed by atoms with van der Waals surface area (Å²) in [6.45, 7) is 4.92. The number of aryl methyl sites for hydroxylation is 1. The molecule has 8 heteroatoms. The number of fused-ring (bicyclic) bond motifs is 1. The minimum absolute atomic E-state index is 0.268. The predicted octanol–water partition coefficient (Wildman–Crippen LogP) is 4.88. The monoisotopic (exact) mass is 473 g/mol. The van der Waals surface area contributed by atoms with Crippen LogP contribution in [0.2, 0.25) is 0 Å². The first kappa shape index (κ1) is 25.5. The first-order valence-corrected chi connectivity index (χ1v) is 11.5. The summed E-state index contributed by atoms with van der Waals surface area (Å²) < 4.78 is 11.1. The van der Waals surface area contributed by atoms with Gasteiger partial charge in [-0.3, -0.25) is 9.78 Å². The van der Waals surface area contributed by atoms with Crippen molar-refractivity contribution in [3.05, 3.63) is 59.8 Å². The number of nitriles is 1. The molecule has 1 amide bonds. The molecule has 2 N–H and O–H groups in total. The molecule has 0 bridgehead atoms. The summed E-state index contributed by atoms with van der Waals surface area (Å²) in [6, 6.07) is 13.4. The van der Waals surface area contributed by atoms with E-state index in [1.165, 1.54) is 6.08 Å². The Morgan fingerprint density at radius 1 is 1.20 bits per heavy atom. The Morgan fingerprint density at radius 3 is 2.54 bits per heavy atom. The number of nitrogens with zero attached hydrogens (tertiary/aromatic N) is 3. The largest absolute Gasteiger partial charge is 0.497 e. The van der Waals surface area contributed by atoms with E-state index >= 15 is 0 Å². The van der Waals surface area contributed by atoms with E-state index in [1.54, 1.807) is 25.3 Å². The lowest BCUT2D eigenvalue weighted by Gasteiger charge is -2.18. The predicted molar refractivity (Wildman–Crippen MR) is 140 cm³/mol. The van der Waals surface area contributed by atoms with E-state index in [2.05, 4.69) is 16.7 Å². The van der Waals surface area contributed by atoms with Gasteiger partial charge in [-0.05, 0) is 57.8 Å². The molecule has 35 heavy (non-hydrogen) atoms. The van der Waals surface area contributed by atoms with E-state index in [0.717, 1.165) is 11.4 Å². The highest BCUT2D eigenvalue weighted by Gasteiger charge is 2.18. The quantitative estimate of drug-likeness (QED) is 0.405. The third-order valence-electron chi connectivity index (χ3n) is 5.26. The fourth-order valence-corrected chi connectivity index (χ4v) is 3.58. The number of amides is 1. The van der Waals surface area contributed by atoms with Gasteiger partial charge in [0.25, 0.3) is 0 Å². The van der Waals surface area contributed by atoms with Gasteiger partial charge in [0.15, 0.2) is 0 Å². The summed E-state index contributed by atoms with van der Waals surface area (Å²) in [5, 5.41) is 17.0. The number of likely N-dealkylation sites (N-methyl/N-ethyl adjacent to an activating group) is 1. The summed E-state index contributed by atoms with van der Waals surface area (Å²) in [7, 11) is 5.47. The molecular weight excluding hydrogens is 442 g/mol. The highest BCUT2D eigenvalue weighted by molar-refractivity contribution is 6.05. The lowest BCUT2D eigenvalue weighted by Crippen LogP contribution is -2.13. The van der Waals surface area contributed by atoms with Gasteiger partial charge in [0.2, 0.25) is 5.91 Å². The third kappa shape index (κ3) is 6.28. The number of rotatable bonds is 10. The van der Waals surface area contributed by atoms with Gasteiger partial charge in [-0.2, -0.15) is 5.26 Å². The van der Waals surface area contributed by atoms with Crippen LogP contribution in [0, 0.1) is 11.3 Å². The van der Waals surface area contributed by atoms with E-state index in [-0.39, 0.29) is 5.91 Å². The molecule has 0 aliphatic heterocycles. The number of ether oxygens (including phenoxy) is 2. The van der Waals surface area contributed by atoms with E-state index in [0.29, 0.717) is 58.9 Å². The Balaban J connectivity index is 2.13. The Morgan fingerprint density at radius 2 is 1.94 bits per heavy atom. The molecule has 1 heterocycles. The van der Waals surface area contributed by atoms with Crippen molar-refractivity contribution < 1.29 is 14.3 Å². The number of anilines is 3. The van der Waals surface area contributed by atoms with Crippen molar-refractivity contribution in [2.75, 3.05) is 45.0 Å². The molecule has 0 saturated carbocycles. The van der Waals surface area contributed by atoms with Crippen LogP contribution in [-0.2, 0) is 11.2 Å². The van der Waals surface area contributed by atoms with Crippen LogP contribution < -0.4 is 20.1 Å². The van der Waals surface area contributed by atoms with Crippen LogP contribution in [0.25, 0.3) is 10.9 Å². The second kappa shape index (κ2) is 11.9. The lowest BCUT2D eigenvalue weighted by molar-refractivity contribution is -0.111. The standard InChI is InChI=1S/C27H31N5O3/c1-6-22-21(17-28)27(29-18-10-12-19(34-5)13-11-18)20-15-24(25(35-7-2)16-23(20)30-22)31-26(33)9-8-14-32(3)4/h8-13,15-16H,6-7,14H2,1-5H3,(H,29,30)(H,31,33)/b9-8+. The Kier molecular flexibility index (Phi) is 8.65. The number of methoxy groups -OCH3 is 1. The van der Waals surface area contributed by atoms with Crippen molar-refractivity contribution in [1.82, 2.24) is 9.88 Å². The molecule has 3 aromatic rings. The summed E-state index contributed by atoms with van der Waals surface area (Å²) in [5.74, 6) is 0.984. The minimum Gasteiger partial charge on any atom is -0.497 e. The second-order valence-corrected chi connectivity index (χ2v) is 8.08. The van der Waals surface area contributed by atoms with Crippen LogP contribution in [0.3, 0.4) is 0 Å². The van der Waals surface area contributed by atoms with Crippen molar-refractivity contribution in [3.63, 3.8) is 0 Å². The Hall–Kier alpha value is -4.09. The normalized spacial score (nSPS) is 11.0. The van der Waals surface area contributed by atoms with Crippen molar-refractivity contribution >= 4 is 33.9 Å². The number of pyridine rings is 1. The molecule has 1 aromatic heterocycles. The lowest BCUT2D eigenvalue weighted by atomic mass is 10.0. The number of hydrogen-bond acceptors (Lipinski definition) is 7. The van der Waals surface area contributed by atoms with Crippen LogP contribution in [0.4, 0.5) is 17.1 Å². The second-order valence-electron chi connectivity index (χ2n) is 8.08. The Labute approximate surface area is 206 Å². The highest BCUT2D eigenvalue weighted by Crippen LogP contribution is 2.37. The zero-order valence-electron chi connectivity index (χ0n) is 20.8. The molecule has 0 fully saturated rings. The molecule has 0 radical (unpaired) electrons. The number of benzene rings is 2. The fourth-order valence-electron chi connectivity index (χ4n) is 3.58. The van der Waals surface area contributed by atoms with Gasteiger partial charge < -0.3 is 25.0 Å². The maximum Gasteiger partial charge on any atom is 0.248 e. The fraction of sp³-hybridized carbons (Fsp3) is 0.296. The molecule has 0 aliphatic rings. The van der Waals surface area contributed by atoms with Gasteiger partial charge in [0.05, 0.1) is 41.9 Å². The van der Waals surface area contributed by atoms with Gasteiger partial charge in [-0.15, -0.1) is 0 Å². The number of aromatic nitrogens is 1. The average molecular weight is 474 g/mol. The molecular formula is C27H31N5O3. The molecule has 0 saturated heterocycles. The van der Waals surface area contributed by atoms with Crippen molar-refractivity contribution in [2.45, 2.75) is 20.3 Å². The summed E-state index contributed by atoms with van der Waals surface area (Å²) in [6.07, 6.45) is 3.88. The van der Waals surface area contributed by atoms with Gasteiger partial charge in [0.1, 0.15) is 17.6 Å². The summed E-state index contributed by atoms with van der Waals surface area (Å²) >= 11 is 0. The van der Waals surface area contributed by atoms with Crippen molar-refractivity contribution in [1.29, 1.82) is 5.26 Å². The summed E-state index contributed by atoms with van der Waals surface area (Å²) in [4.78, 5) is 19.3. The molecule has 0 aliphatic carbocycles. The van der Waals surface area contributed by atoms with Crippen molar-refractivity contribution in [2.24, 2.45) is 0 Å². The third-order valence-corrected chi connectivity index (χ3v) is 5.26. The number of carbonyl (C=O) groups excluding carboxylic acids is 1. The molecule has 0 spiro atoms. The molecule has 2 aromatic carbocycles. The molecule has 3 rings (SSSR count). The average Bonchev–Trinajstić information content (AvgIpc) is 2.84. The maximum absolute atomic E-state index is 12.6. The topological polar surface area (TPSA) is 99.5 Å². The molecule has 8 nitrogen and oxygen atoms in total. The highest BCUT2D eigenvalue weighted by atomic mass is 16.5. The zero-order valence-corrected chi connectivity index (χ0v) is 20.8. The molecule has 0 unspecified atom stereocenters. The van der Waals surface area contributed by atoms with Crippen LogP contribution in [0.5, 0.6) is 11.5 Å². The number of carbonyl (C=O) groups is 1. The minimum atomic E-state index is -0.268. The van der Waals surface area contributed by atoms with E-state index in [9.17, 15) is 10.1 Å². The smallest absolute Gasteiger partial charge is 0.248 e. The van der Waals surface area contributed by atoms with Crippen LogP contribution in [0.1, 0.15) is 25.1 Å². The van der Waals surface area contributed by atoms with E-state index in [4.69, 9.17) is 14.5 Å². The van der Waals surface area contributed by atoms with Crippen LogP contribution >= 0.6 is 0 Å². The van der Waals surface area contributed by atoms with E-state index in [1.807, 2.05) is 57.1 Å². The molecule has 182 valence electrons. The maximum atomic E-state index is 12.6. The first-order chi connectivity index (χ1) is 16.9. The van der Waals surface area contributed by atoms with E-state index < -0.39 is 0 Å². The zero-order chi connectivity index (χ0) is 25.4. The summed E-state index contributed by atoms with van der Waals surface area (Å²) in [5.41, 5.74) is 3.74. The Bertz CT molecular complexity index is 1260. The van der Waals surface area contributed by atoms with Gasteiger partial charge in [-0.1, -0.05) is 13.0 Å². The SMILES string of the molecule is CCOc1cc2nc(CC)c(C#N)c(Nc3ccc(OC)cc3)c2cc1NC(=O)/C=C/CN(C)C. The van der Waals surface area contributed by atoms with Crippen LogP contribution in [0.15, 0.2) is 48.6 Å². The first-order valence-electron chi connectivity index (χ1n) is 11.5.